The maximum absolute atomic E-state index is 6.59. The molecule has 0 spiro atoms. The van der Waals surface area contributed by atoms with Crippen molar-refractivity contribution >= 4 is 102 Å². The summed E-state index contributed by atoms with van der Waals surface area (Å²) in [5.41, 5.74) is 4.55. The van der Waals surface area contributed by atoms with Crippen molar-refractivity contribution in [3.63, 3.8) is 0 Å². The van der Waals surface area contributed by atoms with Gasteiger partial charge in [-0.2, -0.15) is 0 Å². The van der Waals surface area contributed by atoms with Crippen molar-refractivity contribution in [2.45, 2.75) is 0 Å². The SMILES string of the molecule is COc1cccc(P(c2ccc3ccccc3c2)c2ccc3ccccc3c2)c1-c1c(OC)cccc1P(c1ccc2ccccc2c1)c1ccc2ccccc2c1-c1ccc2ccccc2c1. The van der Waals surface area contributed by atoms with E-state index >= 15 is 0 Å². The van der Waals surface area contributed by atoms with Crippen LogP contribution in [0.1, 0.15) is 0 Å². The van der Waals surface area contributed by atoms with Crippen LogP contribution in [0.15, 0.2) is 243 Å². The van der Waals surface area contributed by atoms with Crippen LogP contribution in [0.5, 0.6) is 11.5 Å². The molecule has 0 saturated heterocycles. The summed E-state index contributed by atoms with van der Waals surface area (Å²) in [6.07, 6.45) is 0. The Bertz CT molecular complexity index is 3800. The predicted octanol–water partition coefficient (Wildman–Crippen LogP) is 14.3. The van der Waals surface area contributed by atoms with E-state index in [4.69, 9.17) is 9.47 Å². The molecular weight excluding hydrogens is 863 g/mol. The number of fused-ring (bicyclic) bond motifs is 5. The third-order valence-corrected chi connectivity index (χ3v) is 18.3. The second-order valence-corrected chi connectivity index (χ2v) is 21.6. The molecule has 12 aromatic carbocycles. The van der Waals surface area contributed by atoms with Crippen LogP contribution in [0, 0.1) is 0 Å². The van der Waals surface area contributed by atoms with Gasteiger partial charge in [-0.25, -0.2) is 0 Å². The third kappa shape index (κ3) is 7.48. The molecule has 12 rings (SSSR count). The Hall–Kier alpha value is -7.60. The molecule has 0 fully saturated rings. The van der Waals surface area contributed by atoms with Crippen LogP contribution in [0.3, 0.4) is 0 Å². The molecule has 68 heavy (non-hydrogen) atoms. The summed E-state index contributed by atoms with van der Waals surface area (Å²) in [5, 5.41) is 19.7. The Labute approximate surface area is 399 Å². The van der Waals surface area contributed by atoms with Gasteiger partial charge in [0.25, 0.3) is 0 Å². The quantitative estimate of drug-likeness (QED) is 0.127. The largest absolute Gasteiger partial charge is 0.496 e. The van der Waals surface area contributed by atoms with Crippen LogP contribution < -0.4 is 41.3 Å². The molecule has 0 aliphatic heterocycles. The molecular formula is C64H46O2P2. The minimum atomic E-state index is -1.28. The van der Waals surface area contributed by atoms with Crippen LogP contribution in [0.25, 0.3) is 76.1 Å². The van der Waals surface area contributed by atoms with Crippen LogP contribution in [0.2, 0.25) is 0 Å². The fraction of sp³-hybridized carbons (Fsp3) is 0.0312. The smallest absolute Gasteiger partial charge is 0.127 e. The summed E-state index contributed by atoms with van der Waals surface area (Å²) >= 11 is 0. The molecule has 1 atom stereocenters. The van der Waals surface area contributed by atoms with Crippen molar-refractivity contribution in [1.29, 1.82) is 0 Å². The van der Waals surface area contributed by atoms with Gasteiger partial charge in [0.2, 0.25) is 0 Å². The molecule has 0 N–H and O–H groups in total. The second-order valence-electron chi connectivity index (χ2n) is 17.2. The maximum Gasteiger partial charge on any atom is 0.127 e. The number of hydrogen-bond donors (Lipinski definition) is 0. The zero-order chi connectivity index (χ0) is 45.6. The average molecular weight is 909 g/mol. The molecule has 0 radical (unpaired) electrons. The van der Waals surface area contributed by atoms with E-state index in [0.717, 1.165) is 22.6 Å². The van der Waals surface area contributed by atoms with Crippen molar-refractivity contribution < 1.29 is 9.47 Å². The van der Waals surface area contributed by atoms with Crippen molar-refractivity contribution in [3.05, 3.63) is 243 Å². The summed E-state index contributed by atoms with van der Waals surface area (Å²) in [4.78, 5) is 0. The number of hydrogen-bond acceptors (Lipinski definition) is 2. The molecule has 4 heteroatoms. The first kappa shape index (κ1) is 41.8. The first-order valence-corrected chi connectivity index (χ1v) is 25.7. The summed E-state index contributed by atoms with van der Waals surface area (Å²) in [6.45, 7) is 0. The van der Waals surface area contributed by atoms with Crippen molar-refractivity contribution in [2.24, 2.45) is 0 Å². The summed E-state index contributed by atoms with van der Waals surface area (Å²) in [7, 11) is 1.18. The number of ether oxygens (including phenoxy) is 2. The molecule has 0 saturated carbocycles. The lowest BCUT2D eigenvalue weighted by Crippen LogP contribution is -2.27. The van der Waals surface area contributed by atoms with Gasteiger partial charge in [-0.1, -0.05) is 206 Å². The molecule has 12 aromatic rings. The summed E-state index contributed by atoms with van der Waals surface area (Å²) in [5.74, 6) is 1.62. The number of methoxy groups -OCH3 is 2. The van der Waals surface area contributed by atoms with Gasteiger partial charge in [0, 0.05) is 11.1 Å². The second kappa shape index (κ2) is 17.9. The van der Waals surface area contributed by atoms with E-state index in [1.54, 1.807) is 7.11 Å². The van der Waals surface area contributed by atoms with E-state index in [2.05, 4.69) is 243 Å². The molecule has 324 valence electrons. The predicted molar refractivity (Wildman–Crippen MR) is 295 cm³/mol. The first-order chi connectivity index (χ1) is 33.6. The van der Waals surface area contributed by atoms with Gasteiger partial charge < -0.3 is 9.47 Å². The molecule has 0 heterocycles. The monoisotopic (exact) mass is 908 g/mol. The Morgan fingerprint density at radius 3 is 1.12 bits per heavy atom. The van der Waals surface area contributed by atoms with E-state index in [0.29, 0.717) is 0 Å². The molecule has 2 nitrogen and oxygen atoms in total. The first-order valence-electron chi connectivity index (χ1n) is 23.1. The standard InChI is InChI=1S/C64H46O2P2/c1-65-57-25-13-27-59(67(53-35-31-44-16-4-8-21-49(44)40-53)54-36-32-45-17-5-9-22-50(45)41-54)63(57)64-58(66-2)26-14-28-60(64)68(55-37-33-46-18-6-10-23-51(46)42-55)61-38-34-47-19-11-12-24-56(47)62(61)52-30-29-43-15-3-7-20-48(43)39-52/h3-42H,1-2H3. The highest BCUT2D eigenvalue weighted by Crippen LogP contribution is 2.49. The van der Waals surface area contributed by atoms with Gasteiger partial charge in [0.1, 0.15) is 11.5 Å². The Balaban J connectivity index is 1.18. The number of benzene rings is 12. The van der Waals surface area contributed by atoms with E-state index in [9.17, 15) is 0 Å². The topological polar surface area (TPSA) is 18.5 Å². The van der Waals surface area contributed by atoms with E-state index < -0.39 is 15.8 Å². The fourth-order valence-corrected chi connectivity index (χ4v) is 15.3. The lowest BCUT2D eigenvalue weighted by Gasteiger charge is -2.30. The van der Waals surface area contributed by atoms with Crippen molar-refractivity contribution in [2.75, 3.05) is 14.2 Å². The molecule has 0 aliphatic rings. The highest BCUT2D eigenvalue weighted by molar-refractivity contribution is 7.81. The van der Waals surface area contributed by atoms with Crippen LogP contribution in [-0.2, 0) is 0 Å². The Morgan fingerprint density at radius 1 is 0.265 bits per heavy atom. The van der Waals surface area contributed by atoms with Gasteiger partial charge in [-0.15, -0.1) is 0 Å². The maximum atomic E-state index is 6.59. The highest BCUT2D eigenvalue weighted by Gasteiger charge is 2.32. The van der Waals surface area contributed by atoms with Gasteiger partial charge in [-0.3, -0.25) is 0 Å². The van der Waals surface area contributed by atoms with Crippen LogP contribution in [-0.4, -0.2) is 14.2 Å². The zero-order valence-electron chi connectivity index (χ0n) is 37.8. The Kier molecular flexibility index (Phi) is 11.0. The zero-order valence-corrected chi connectivity index (χ0v) is 39.6. The van der Waals surface area contributed by atoms with Crippen molar-refractivity contribution in [1.82, 2.24) is 0 Å². The molecule has 0 aromatic heterocycles. The Morgan fingerprint density at radius 2 is 0.632 bits per heavy atom. The van der Waals surface area contributed by atoms with Crippen LogP contribution >= 0.6 is 15.8 Å². The lowest BCUT2D eigenvalue weighted by molar-refractivity contribution is 0.411. The van der Waals surface area contributed by atoms with E-state index in [1.807, 2.05) is 7.11 Å². The van der Waals surface area contributed by atoms with Gasteiger partial charge in [-0.05, 0) is 149 Å². The molecule has 0 bridgehead atoms. The highest BCUT2D eigenvalue weighted by atomic mass is 31.1. The van der Waals surface area contributed by atoms with Crippen molar-refractivity contribution in [3.8, 4) is 33.8 Å². The molecule has 1 unspecified atom stereocenters. The fourth-order valence-electron chi connectivity index (χ4n) is 10.1. The lowest BCUT2D eigenvalue weighted by atomic mass is 9.96. The normalized spacial score (nSPS) is 12.0. The van der Waals surface area contributed by atoms with E-state index in [-0.39, 0.29) is 0 Å². The van der Waals surface area contributed by atoms with Crippen LogP contribution in [0.4, 0.5) is 0 Å². The minimum absolute atomic E-state index is 0.807. The van der Waals surface area contributed by atoms with Gasteiger partial charge >= 0.3 is 0 Å². The summed E-state index contributed by atoms with van der Waals surface area (Å²) < 4.78 is 13.1. The minimum Gasteiger partial charge on any atom is -0.496 e. The van der Waals surface area contributed by atoms with E-state index in [1.165, 1.54) is 96.8 Å². The van der Waals surface area contributed by atoms with Gasteiger partial charge in [0.15, 0.2) is 0 Å². The average Bonchev–Trinajstić information content (AvgIpc) is 3.40. The summed E-state index contributed by atoms with van der Waals surface area (Å²) in [6, 6.07) is 89.6. The molecule has 0 amide bonds. The molecule has 0 aliphatic carbocycles. The number of rotatable bonds is 10. The van der Waals surface area contributed by atoms with Gasteiger partial charge in [0.05, 0.1) is 14.2 Å². The third-order valence-electron chi connectivity index (χ3n) is 13.3.